The number of rotatable bonds is 6. The Kier molecular flexibility index (Phi) is 7.09. The number of fused-ring (bicyclic) bond motifs is 2. The second-order valence-corrected chi connectivity index (χ2v) is 12.7. The fraction of sp³-hybridized carbons (Fsp3) is 0.212. The highest BCUT2D eigenvalue weighted by atomic mass is 35.5. The molecule has 0 fully saturated rings. The molecular weight excluding hydrogens is 568 g/mol. The van der Waals surface area contributed by atoms with Crippen LogP contribution in [0.15, 0.2) is 73.1 Å². The van der Waals surface area contributed by atoms with E-state index in [4.69, 9.17) is 21.3 Å². The first-order chi connectivity index (χ1) is 20.0. The Morgan fingerprint density at radius 3 is 2.45 bits per heavy atom. The number of ether oxygens (including phenoxy) is 1. The van der Waals surface area contributed by atoms with E-state index in [1.807, 2.05) is 76.0 Å². The lowest BCUT2D eigenvalue weighted by Gasteiger charge is -2.28. The van der Waals surface area contributed by atoms with Crippen LogP contribution in [-0.2, 0) is 16.6 Å². The fourth-order valence-corrected chi connectivity index (χ4v) is 6.44. The van der Waals surface area contributed by atoms with Gasteiger partial charge in [0.05, 0.1) is 33.2 Å². The van der Waals surface area contributed by atoms with Crippen molar-refractivity contribution in [1.29, 1.82) is 0 Å². The number of aromatic nitrogens is 4. The van der Waals surface area contributed by atoms with Crippen molar-refractivity contribution >= 4 is 50.0 Å². The molecule has 0 amide bonds. The lowest BCUT2D eigenvalue weighted by molar-refractivity contribution is -0.160. The van der Waals surface area contributed by atoms with Crippen molar-refractivity contribution < 1.29 is 14.6 Å². The minimum absolute atomic E-state index is 0.598. The number of carbonyl (C=O) groups is 1. The summed E-state index contributed by atoms with van der Waals surface area (Å²) in [6.07, 6.45) is 2.48. The average Bonchev–Trinajstić information content (AvgIpc) is 3.54. The Morgan fingerprint density at radius 2 is 1.74 bits per heavy atom. The van der Waals surface area contributed by atoms with Crippen molar-refractivity contribution in [2.24, 2.45) is 7.05 Å². The Labute approximate surface area is 252 Å². The van der Waals surface area contributed by atoms with E-state index in [-0.39, 0.29) is 0 Å². The van der Waals surface area contributed by atoms with Crippen LogP contribution in [0.2, 0.25) is 5.02 Å². The van der Waals surface area contributed by atoms with Gasteiger partial charge in [-0.2, -0.15) is 5.10 Å². The van der Waals surface area contributed by atoms with Crippen LogP contribution >= 0.6 is 22.9 Å². The van der Waals surface area contributed by atoms with Crippen LogP contribution in [0.3, 0.4) is 0 Å². The van der Waals surface area contributed by atoms with Gasteiger partial charge in [0.15, 0.2) is 6.10 Å². The number of carboxylic acids is 1. The first-order valence-corrected chi connectivity index (χ1v) is 14.7. The van der Waals surface area contributed by atoms with E-state index < -0.39 is 17.7 Å². The quantitative estimate of drug-likeness (QED) is 0.207. The normalized spacial score (nSPS) is 12.7. The van der Waals surface area contributed by atoms with Gasteiger partial charge in [-0.25, -0.2) is 9.78 Å². The van der Waals surface area contributed by atoms with Gasteiger partial charge in [0.2, 0.25) is 0 Å². The largest absolute Gasteiger partial charge is 0.479 e. The van der Waals surface area contributed by atoms with E-state index >= 15 is 0 Å². The molecule has 0 aliphatic heterocycles. The molecule has 212 valence electrons. The van der Waals surface area contributed by atoms with Gasteiger partial charge in [-0.15, -0.1) is 11.3 Å². The minimum Gasteiger partial charge on any atom is -0.479 e. The molecule has 3 aromatic carbocycles. The predicted molar refractivity (Wildman–Crippen MR) is 169 cm³/mol. The second-order valence-electron chi connectivity index (χ2n) is 11.3. The molecule has 1 N–H and O–H groups in total. The van der Waals surface area contributed by atoms with Gasteiger partial charge in [-0.3, -0.25) is 9.67 Å². The number of thiazole rings is 1. The maximum atomic E-state index is 12.6. The third kappa shape index (κ3) is 5.29. The van der Waals surface area contributed by atoms with Crippen LogP contribution in [0.5, 0.6) is 0 Å². The summed E-state index contributed by atoms with van der Waals surface area (Å²) in [5, 5.41) is 17.1. The van der Waals surface area contributed by atoms with Crippen molar-refractivity contribution in [2.45, 2.75) is 39.4 Å². The van der Waals surface area contributed by atoms with Crippen molar-refractivity contribution in [1.82, 2.24) is 19.7 Å². The maximum Gasteiger partial charge on any atom is 0.337 e. The summed E-state index contributed by atoms with van der Waals surface area (Å²) >= 11 is 7.72. The smallest absolute Gasteiger partial charge is 0.337 e. The third-order valence-corrected chi connectivity index (χ3v) is 8.44. The monoisotopic (exact) mass is 596 g/mol. The summed E-state index contributed by atoms with van der Waals surface area (Å²) in [6.45, 7) is 7.47. The maximum absolute atomic E-state index is 12.6. The van der Waals surface area contributed by atoms with Crippen LogP contribution < -0.4 is 0 Å². The first-order valence-electron chi connectivity index (χ1n) is 13.5. The Balaban J connectivity index is 1.53. The van der Waals surface area contributed by atoms with Crippen LogP contribution in [0.4, 0.5) is 0 Å². The van der Waals surface area contributed by atoms with Crippen LogP contribution in [0, 0.1) is 6.92 Å². The summed E-state index contributed by atoms with van der Waals surface area (Å²) in [5.74, 6) is -1.05. The number of carboxylic acid groups (broad SMARTS) is 1. The SMILES string of the molecule is Cc1cc2nc(-c3cc(-c4ccc5c(cnn5C)c4)ccn3)sc2c(-c2ccc(Cl)cc2)c1C(OC(C)(C)C)C(=O)O. The molecule has 3 aromatic heterocycles. The number of aliphatic carboxylic acids is 1. The molecule has 1 atom stereocenters. The van der Waals surface area contributed by atoms with Gasteiger partial charge in [-0.05, 0) is 92.4 Å². The van der Waals surface area contributed by atoms with E-state index in [1.165, 1.54) is 11.3 Å². The lowest BCUT2D eigenvalue weighted by Crippen LogP contribution is -2.28. The molecule has 6 aromatic rings. The number of hydrogen-bond acceptors (Lipinski definition) is 6. The van der Waals surface area contributed by atoms with E-state index in [0.29, 0.717) is 10.6 Å². The molecule has 0 aliphatic rings. The fourth-order valence-electron chi connectivity index (χ4n) is 5.22. The Morgan fingerprint density at radius 1 is 1.02 bits per heavy atom. The summed E-state index contributed by atoms with van der Waals surface area (Å²) in [7, 11) is 1.93. The average molecular weight is 597 g/mol. The third-order valence-electron chi connectivity index (χ3n) is 7.08. The summed E-state index contributed by atoms with van der Waals surface area (Å²) < 4.78 is 8.85. The summed E-state index contributed by atoms with van der Waals surface area (Å²) in [5.41, 5.74) is 6.98. The molecule has 42 heavy (non-hydrogen) atoms. The lowest BCUT2D eigenvalue weighted by atomic mass is 9.91. The topological polar surface area (TPSA) is 90.1 Å². The number of hydrogen-bond donors (Lipinski definition) is 1. The second kappa shape index (κ2) is 10.6. The standard InChI is InChI=1S/C33H29ClN4O3S/c1-18-14-24-30(28(19-6-9-23(34)10-7-19)27(18)29(32(39)40)41-33(2,3)4)42-31(37-24)25-16-21(12-13-35-25)20-8-11-26-22(15-20)17-36-38(26)5/h6-17,29H,1-5H3,(H,39,40). The van der Waals surface area contributed by atoms with Crippen molar-refractivity contribution in [2.75, 3.05) is 0 Å². The van der Waals surface area contributed by atoms with Gasteiger partial charge in [-0.1, -0.05) is 29.8 Å². The van der Waals surface area contributed by atoms with Crippen molar-refractivity contribution in [3.05, 3.63) is 89.2 Å². The predicted octanol–water partition coefficient (Wildman–Crippen LogP) is 8.48. The van der Waals surface area contributed by atoms with Gasteiger partial charge in [0.25, 0.3) is 0 Å². The molecule has 0 spiro atoms. The molecule has 0 saturated heterocycles. The number of halogens is 1. The number of benzene rings is 3. The molecule has 0 radical (unpaired) electrons. The molecular formula is C33H29ClN4O3S. The van der Waals surface area contributed by atoms with Gasteiger partial charge in [0, 0.05) is 34.8 Å². The highest BCUT2D eigenvalue weighted by molar-refractivity contribution is 7.22. The van der Waals surface area contributed by atoms with Crippen LogP contribution in [0.25, 0.3) is 54.1 Å². The first kappa shape index (κ1) is 28.0. The van der Waals surface area contributed by atoms with Crippen molar-refractivity contribution in [3.8, 4) is 33.0 Å². The van der Waals surface area contributed by atoms with Gasteiger partial charge < -0.3 is 9.84 Å². The molecule has 0 aliphatic carbocycles. The highest BCUT2D eigenvalue weighted by Gasteiger charge is 2.32. The molecule has 6 rings (SSSR count). The van der Waals surface area contributed by atoms with Crippen LogP contribution in [-0.4, -0.2) is 36.4 Å². The summed E-state index contributed by atoms with van der Waals surface area (Å²) in [6, 6.07) is 19.6. The van der Waals surface area contributed by atoms with Gasteiger partial charge in [0.1, 0.15) is 5.01 Å². The molecule has 0 bridgehead atoms. The minimum atomic E-state index is -1.17. The van der Waals surface area contributed by atoms with E-state index in [1.54, 1.807) is 18.3 Å². The molecule has 0 saturated carbocycles. The molecule has 3 heterocycles. The Hall–Kier alpha value is -4.11. The van der Waals surface area contributed by atoms with E-state index in [9.17, 15) is 9.90 Å². The van der Waals surface area contributed by atoms with E-state index in [2.05, 4.69) is 28.3 Å². The molecule has 7 nitrogen and oxygen atoms in total. The Bertz CT molecular complexity index is 1970. The molecule has 9 heteroatoms. The number of aryl methyl sites for hydroxylation is 2. The molecule has 1 unspecified atom stereocenters. The van der Waals surface area contributed by atoms with Gasteiger partial charge >= 0.3 is 5.97 Å². The number of pyridine rings is 1. The highest BCUT2D eigenvalue weighted by Crippen LogP contribution is 2.44. The summed E-state index contributed by atoms with van der Waals surface area (Å²) in [4.78, 5) is 22.3. The zero-order chi connectivity index (χ0) is 29.8. The van der Waals surface area contributed by atoms with Crippen LogP contribution in [0.1, 0.15) is 38.0 Å². The zero-order valence-corrected chi connectivity index (χ0v) is 25.4. The van der Waals surface area contributed by atoms with E-state index in [0.717, 1.165) is 59.6 Å². The number of nitrogens with zero attached hydrogens (tertiary/aromatic N) is 4. The zero-order valence-electron chi connectivity index (χ0n) is 23.8. The van der Waals surface area contributed by atoms with Crippen molar-refractivity contribution in [3.63, 3.8) is 0 Å².